The zero-order valence-corrected chi connectivity index (χ0v) is 22.8. The number of carbonyl (C=O) groups is 1. The van der Waals surface area contributed by atoms with E-state index in [2.05, 4.69) is 54.7 Å². The van der Waals surface area contributed by atoms with E-state index in [0.717, 1.165) is 57.1 Å². The normalized spacial score (nSPS) is 11.4. The molecule has 0 aliphatic rings. The fourth-order valence-electron chi connectivity index (χ4n) is 5.20. The van der Waals surface area contributed by atoms with Crippen LogP contribution < -0.4 is 14.8 Å². The van der Waals surface area contributed by atoms with Gasteiger partial charge < -0.3 is 14.0 Å². The molecule has 0 radical (unpaired) electrons. The minimum absolute atomic E-state index is 0.0631. The molecule has 200 valence electrons. The lowest BCUT2D eigenvalue weighted by atomic mass is 9.72. The number of unbranched alkanes of at least 4 members (excludes halogenated alkanes) is 1. The van der Waals surface area contributed by atoms with E-state index in [1.807, 2.05) is 26.0 Å². The first-order valence-corrected chi connectivity index (χ1v) is 13.8. The second kappa shape index (κ2) is 14.5. The van der Waals surface area contributed by atoms with Crippen molar-refractivity contribution < 1.29 is 18.8 Å². The number of ether oxygens (including phenoxy) is 2. The molecule has 1 N–H and O–H groups in total. The average Bonchev–Trinajstić information content (AvgIpc) is 3.37. The summed E-state index contributed by atoms with van der Waals surface area (Å²) >= 11 is 0. The molecule has 3 rings (SSSR count). The molecule has 6 nitrogen and oxygen atoms in total. The molecule has 0 aliphatic carbocycles. The standard InChI is InChI=1S/C31H42N2O4/c1-5-20-31(21-6-2,22-13-12-17-24-15-10-9-11-16-24)27-23-28(37-33-27)32-30(34)29-25(35-7-3)18-14-19-26(29)36-8-4/h9-11,14-16,18-19,23H,5-8,12-13,17,20-22H2,1-4H3,(H,32,34). The van der Waals surface area contributed by atoms with Gasteiger partial charge in [0.05, 0.1) is 18.9 Å². The van der Waals surface area contributed by atoms with Crippen molar-refractivity contribution in [3.05, 3.63) is 71.4 Å². The van der Waals surface area contributed by atoms with Gasteiger partial charge in [-0.25, -0.2) is 0 Å². The summed E-state index contributed by atoms with van der Waals surface area (Å²) in [5.41, 5.74) is 2.60. The number of rotatable bonds is 16. The Morgan fingerprint density at radius 2 is 1.51 bits per heavy atom. The third kappa shape index (κ3) is 7.61. The number of hydrogen-bond donors (Lipinski definition) is 1. The van der Waals surface area contributed by atoms with Crippen LogP contribution in [-0.2, 0) is 11.8 Å². The zero-order valence-electron chi connectivity index (χ0n) is 22.8. The van der Waals surface area contributed by atoms with Crippen LogP contribution in [-0.4, -0.2) is 24.3 Å². The number of nitrogens with one attached hydrogen (secondary N) is 1. The summed E-state index contributed by atoms with van der Waals surface area (Å²) in [6.07, 6.45) is 8.57. The Morgan fingerprint density at radius 1 is 0.865 bits per heavy atom. The highest BCUT2D eigenvalue weighted by molar-refractivity contribution is 6.07. The maximum atomic E-state index is 13.3. The zero-order chi connectivity index (χ0) is 26.5. The molecule has 0 aliphatic heterocycles. The highest BCUT2D eigenvalue weighted by Gasteiger charge is 2.34. The molecule has 1 aromatic heterocycles. The number of carbonyl (C=O) groups excluding carboxylic acids is 1. The molecule has 2 aromatic carbocycles. The van der Waals surface area contributed by atoms with Gasteiger partial charge in [-0.1, -0.05) is 74.7 Å². The monoisotopic (exact) mass is 506 g/mol. The van der Waals surface area contributed by atoms with E-state index >= 15 is 0 Å². The van der Waals surface area contributed by atoms with E-state index < -0.39 is 0 Å². The van der Waals surface area contributed by atoms with Gasteiger partial charge in [0.2, 0.25) is 5.88 Å². The van der Waals surface area contributed by atoms with Crippen molar-refractivity contribution in [1.29, 1.82) is 0 Å². The van der Waals surface area contributed by atoms with E-state index in [1.54, 1.807) is 12.1 Å². The largest absolute Gasteiger partial charge is 0.493 e. The van der Waals surface area contributed by atoms with E-state index in [-0.39, 0.29) is 11.3 Å². The van der Waals surface area contributed by atoms with Crippen LogP contribution in [0.2, 0.25) is 0 Å². The van der Waals surface area contributed by atoms with Crippen molar-refractivity contribution in [3.63, 3.8) is 0 Å². The lowest BCUT2D eigenvalue weighted by Crippen LogP contribution is -2.26. The fourth-order valence-corrected chi connectivity index (χ4v) is 5.20. The summed E-state index contributed by atoms with van der Waals surface area (Å²) in [6.45, 7) is 9.11. The maximum absolute atomic E-state index is 13.3. The fraction of sp³-hybridized carbons (Fsp3) is 0.484. The van der Waals surface area contributed by atoms with Crippen LogP contribution in [0.3, 0.4) is 0 Å². The van der Waals surface area contributed by atoms with Crippen molar-refractivity contribution in [3.8, 4) is 11.5 Å². The van der Waals surface area contributed by atoms with E-state index in [1.165, 1.54) is 5.56 Å². The molecule has 6 heteroatoms. The predicted octanol–water partition coefficient (Wildman–Crippen LogP) is 7.98. The summed E-state index contributed by atoms with van der Waals surface area (Å²) in [5, 5.41) is 7.37. The van der Waals surface area contributed by atoms with Crippen LogP contribution in [0.1, 0.15) is 94.3 Å². The molecule has 0 saturated heterocycles. The van der Waals surface area contributed by atoms with Gasteiger partial charge in [0, 0.05) is 11.5 Å². The van der Waals surface area contributed by atoms with Crippen molar-refractivity contribution in [1.82, 2.24) is 5.16 Å². The van der Waals surface area contributed by atoms with Crippen LogP contribution in [0.5, 0.6) is 11.5 Å². The number of aryl methyl sites for hydroxylation is 1. The average molecular weight is 507 g/mol. The van der Waals surface area contributed by atoms with Gasteiger partial charge >= 0.3 is 0 Å². The Balaban J connectivity index is 1.77. The lowest BCUT2D eigenvalue weighted by molar-refractivity contribution is 0.101. The SMILES string of the molecule is CCCC(CCC)(CCCCc1ccccc1)c1cc(NC(=O)c2c(OCC)cccc2OCC)on1. The highest BCUT2D eigenvalue weighted by atomic mass is 16.5. The Hall–Kier alpha value is -3.28. The minimum atomic E-state index is -0.338. The van der Waals surface area contributed by atoms with Crippen LogP contribution in [0.4, 0.5) is 5.88 Å². The van der Waals surface area contributed by atoms with Gasteiger partial charge in [0.15, 0.2) is 0 Å². The topological polar surface area (TPSA) is 73.6 Å². The van der Waals surface area contributed by atoms with Crippen LogP contribution >= 0.6 is 0 Å². The molecule has 37 heavy (non-hydrogen) atoms. The molecule has 0 fully saturated rings. The second-order valence-electron chi connectivity index (χ2n) is 9.50. The van der Waals surface area contributed by atoms with Crippen molar-refractivity contribution in [2.45, 2.75) is 84.5 Å². The van der Waals surface area contributed by atoms with E-state index in [9.17, 15) is 4.79 Å². The van der Waals surface area contributed by atoms with Crippen molar-refractivity contribution in [2.75, 3.05) is 18.5 Å². The van der Waals surface area contributed by atoms with Gasteiger partial charge in [0.1, 0.15) is 17.1 Å². The molecule has 0 unspecified atom stereocenters. The predicted molar refractivity (Wildman–Crippen MR) is 149 cm³/mol. The number of aromatic nitrogens is 1. The van der Waals surface area contributed by atoms with Crippen LogP contribution in [0.25, 0.3) is 0 Å². The molecule has 3 aromatic rings. The summed E-state index contributed by atoms with van der Waals surface area (Å²) in [4.78, 5) is 13.3. The summed E-state index contributed by atoms with van der Waals surface area (Å²) in [7, 11) is 0. The van der Waals surface area contributed by atoms with Gasteiger partial charge in [-0.05, 0) is 63.6 Å². The van der Waals surface area contributed by atoms with Gasteiger partial charge in [-0.3, -0.25) is 10.1 Å². The van der Waals surface area contributed by atoms with Gasteiger partial charge in [-0.2, -0.15) is 0 Å². The number of hydrogen-bond acceptors (Lipinski definition) is 5. The molecule has 1 heterocycles. The van der Waals surface area contributed by atoms with E-state index in [4.69, 9.17) is 14.0 Å². The number of benzene rings is 2. The van der Waals surface area contributed by atoms with Gasteiger partial charge in [0.25, 0.3) is 5.91 Å². The molecule has 0 bridgehead atoms. The Kier molecular flexibility index (Phi) is 11.1. The smallest absolute Gasteiger partial charge is 0.265 e. The highest BCUT2D eigenvalue weighted by Crippen LogP contribution is 2.40. The molecule has 0 atom stereocenters. The van der Waals surface area contributed by atoms with E-state index in [0.29, 0.717) is 36.2 Å². The maximum Gasteiger partial charge on any atom is 0.265 e. The number of nitrogens with zero attached hydrogens (tertiary/aromatic N) is 1. The minimum Gasteiger partial charge on any atom is -0.493 e. The Labute approximate surface area is 221 Å². The summed E-state index contributed by atoms with van der Waals surface area (Å²) in [6, 6.07) is 17.9. The number of anilines is 1. The first-order chi connectivity index (χ1) is 18.1. The van der Waals surface area contributed by atoms with Crippen LogP contribution in [0, 0.1) is 0 Å². The van der Waals surface area contributed by atoms with Gasteiger partial charge in [-0.15, -0.1) is 0 Å². The summed E-state index contributed by atoms with van der Waals surface area (Å²) < 4.78 is 17.1. The van der Waals surface area contributed by atoms with Crippen molar-refractivity contribution >= 4 is 11.8 Å². The third-order valence-electron chi connectivity index (χ3n) is 6.78. The molecule has 1 amide bonds. The first-order valence-electron chi connectivity index (χ1n) is 13.8. The quantitative estimate of drug-likeness (QED) is 0.199. The molecule has 0 spiro atoms. The first kappa shape index (κ1) is 28.3. The Morgan fingerprint density at radius 3 is 2.11 bits per heavy atom. The Bertz CT molecular complexity index is 1060. The molecular weight excluding hydrogens is 464 g/mol. The molecular formula is C31H42N2O4. The lowest BCUT2D eigenvalue weighted by Gasteiger charge is -2.31. The van der Waals surface area contributed by atoms with Crippen molar-refractivity contribution in [2.24, 2.45) is 0 Å². The van der Waals surface area contributed by atoms with Crippen LogP contribution in [0.15, 0.2) is 59.1 Å². The third-order valence-corrected chi connectivity index (χ3v) is 6.78. The summed E-state index contributed by atoms with van der Waals surface area (Å²) in [5.74, 6) is 0.968. The second-order valence-corrected chi connectivity index (χ2v) is 9.50. The molecule has 0 saturated carbocycles. The number of amides is 1.